The average Bonchev–Trinajstić information content (AvgIpc) is 3.04. The molecule has 2 rings (SSSR count). The smallest absolute Gasteiger partial charge is 0.122 e. The largest absolute Gasteiger partial charge is 0.496 e. The van der Waals surface area contributed by atoms with Gasteiger partial charge in [0.25, 0.3) is 0 Å². The van der Waals surface area contributed by atoms with Crippen LogP contribution < -0.4 is 4.74 Å². The second-order valence-electron chi connectivity index (χ2n) is 6.85. The third-order valence-corrected chi connectivity index (χ3v) is 5.08. The summed E-state index contributed by atoms with van der Waals surface area (Å²) in [6.07, 6.45) is 2.81. The summed E-state index contributed by atoms with van der Waals surface area (Å²) in [5.74, 6) is 1.36. The lowest BCUT2D eigenvalue weighted by Gasteiger charge is -2.12. The van der Waals surface area contributed by atoms with Crippen LogP contribution in [0.1, 0.15) is 61.0 Å². The minimum atomic E-state index is 0.468. The first-order valence-corrected chi connectivity index (χ1v) is 9.99. The van der Waals surface area contributed by atoms with Gasteiger partial charge in [0, 0.05) is 16.8 Å². The number of benzene rings is 1. The molecule has 0 aliphatic carbocycles. The van der Waals surface area contributed by atoms with E-state index in [4.69, 9.17) is 16.3 Å². The van der Waals surface area contributed by atoms with Crippen LogP contribution in [0, 0.1) is 13.8 Å². The van der Waals surface area contributed by atoms with Crippen molar-refractivity contribution in [1.29, 1.82) is 0 Å². The lowest BCUT2D eigenvalue weighted by molar-refractivity contribution is 0.411. The monoisotopic (exact) mass is 391 g/mol. The van der Waals surface area contributed by atoms with Crippen molar-refractivity contribution >= 4 is 28.0 Å². The SMILES string of the molecule is C=C(C)C.COc1ccc(/C(Cl)=C\Cc2nc(C(C)C)cs2)c(C)c1C. The Bertz CT molecular complexity index is 770. The van der Waals surface area contributed by atoms with Crippen molar-refractivity contribution in [3.05, 3.63) is 63.1 Å². The third-order valence-electron chi connectivity index (χ3n) is 3.83. The molecule has 1 heterocycles. The van der Waals surface area contributed by atoms with E-state index in [1.54, 1.807) is 18.4 Å². The molecule has 0 unspecified atom stereocenters. The Balaban J connectivity index is 0.000000765. The molecular weight excluding hydrogens is 362 g/mol. The first-order chi connectivity index (χ1) is 12.2. The Kier molecular flexibility index (Phi) is 9.11. The van der Waals surface area contributed by atoms with Crippen molar-refractivity contribution in [2.45, 2.75) is 53.9 Å². The molecule has 0 radical (unpaired) electrons. The quantitative estimate of drug-likeness (QED) is 0.499. The van der Waals surface area contributed by atoms with Gasteiger partial charge in [0.2, 0.25) is 0 Å². The molecule has 0 saturated carbocycles. The fraction of sp³-hybridized carbons (Fsp3) is 0.409. The van der Waals surface area contributed by atoms with E-state index >= 15 is 0 Å². The minimum absolute atomic E-state index is 0.468. The molecule has 2 nitrogen and oxygen atoms in total. The van der Waals surface area contributed by atoms with Crippen LogP contribution in [0.25, 0.3) is 5.03 Å². The zero-order valence-electron chi connectivity index (χ0n) is 16.9. The molecule has 0 amide bonds. The lowest BCUT2D eigenvalue weighted by Crippen LogP contribution is -1.94. The maximum atomic E-state index is 6.50. The van der Waals surface area contributed by atoms with Crippen LogP contribution in [0.15, 0.2) is 35.7 Å². The number of ether oxygens (including phenoxy) is 1. The van der Waals surface area contributed by atoms with Crippen molar-refractivity contribution in [1.82, 2.24) is 4.98 Å². The highest BCUT2D eigenvalue weighted by atomic mass is 35.5. The fourth-order valence-electron chi connectivity index (χ4n) is 2.25. The molecule has 0 aliphatic heterocycles. The second kappa shape index (κ2) is 10.5. The van der Waals surface area contributed by atoms with E-state index in [1.807, 2.05) is 32.1 Å². The molecule has 0 atom stereocenters. The highest BCUT2D eigenvalue weighted by Crippen LogP contribution is 2.30. The number of hydrogen-bond acceptors (Lipinski definition) is 3. The Hall–Kier alpha value is -1.58. The van der Waals surface area contributed by atoms with Crippen LogP contribution in [-0.2, 0) is 6.42 Å². The number of nitrogens with zero attached hydrogens (tertiary/aromatic N) is 1. The fourth-order valence-corrected chi connectivity index (χ4v) is 3.45. The normalized spacial score (nSPS) is 11.2. The van der Waals surface area contributed by atoms with Gasteiger partial charge in [-0.2, -0.15) is 0 Å². The summed E-state index contributed by atoms with van der Waals surface area (Å²) in [4.78, 5) is 4.64. The molecule has 1 aromatic carbocycles. The van der Waals surface area contributed by atoms with Crippen molar-refractivity contribution in [2.75, 3.05) is 7.11 Å². The van der Waals surface area contributed by atoms with Gasteiger partial charge < -0.3 is 4.74 Å². The maximum Gasteiger partial charge on any atom is 0.122 e. The lowest BCUT2D eigenvalue weighted by atomic mass is 10.0. The van der Waals surface area contributed by atoms with Crippen molar-refractivity contribution in [3.63, 3.8) is 0 Å². The van der Waals surface area contributed by atoms with Crippen LogP contribution in [-0.4, -0.2) is 12.1 Å². The van der Waals surface area contributed by atoms with Gasteiger partial charge in [-0.3, -0.25) is 0 Å². The summed E-state index contributed by atoms with van der Waals surface area (Å²) >= 11 is 8.19. The molecule has 0 bridgehead atoms. The van der Waals surface area contributed by atoms with Crippen molar-refractivity contribution in [3.8, 4) is 5.75 Å². The summed E-state index contributed by atoms with van der Waals surface area (Å²) in [7, 11) is 1.69. The second-order valence-corrected chi connectivity index (χ2v) is 8.20. The molecule has 142 valence electrons. The Morgan fingerprint density at radius 3 is 2.38 bits per heavy atom. The van der Waals surface area contributed by atoms with Gasteiger partial charge in [0.15, 0.2) is 0 Å². The zero-order chi connectivity index (χ0) is 19.9. The summed E-state index contributed by atoms with van der Waals surface area (Å²) in [5.41, 5.74) is 5.66. The molecule has 1 aromatic heterocycles. The first kappa shape index (κ1) is 22.5. The molecular formula is C22H30ClNOS. The molecule has 0 fully saturated rings. The molecule has 0 spiro atoms. The van der Waals surface area contributed by atoms with Crippen LogP contribution >= 0.6 is 22.9 Å². The predicted molar refractivity (Wildman–Crippen MR) is 117 cm³/mol. The minimum Gasteiger partial charge on any atom is -0.496 e. The topological polar surface area (TPSA) is 22.1 Å². The van der Waals surface area contributed by atoms with Gasteiger partial charge >= 0.3 is 0 Å². The van der Waals surface area contributed by atoms with Gasteiger partial charge in [-0.05, 0) is 62.4 Å². The van der Waals surface area contributed by atoms with Crippen LogP contribution in [0.5, 0.6) is 5.75 Å². The molecule has 4 heteroatoms. The summed E-state index contributed by atoms with van der Waals surface area (Å²) in [5, 5.41) is 4.00. The van der Waals surface area contributed by atoms with E-state index in [0.29, 0.717) is 5.92 Å². The Labute approximate surface area is 167 Å². The van der Waals surface area contributed by atoms with E-state index in [9.17, 15) is 0 Å². The number of halogens is 1. The molecule has 0 N–H and O–H groups in total. The van der Waals surface area contributed by atoms with Crippen LogP contribution in [0.2, 0.25) is 0 Å². The molecule has 0 aliphatic rings. The van der Waals surface area contributed by atoms with Gasteiger partial charge in [-0.15, -0.1) is 17.9 Å². The number of thiazole rings is 1. The standard InChI is InChI=1S/C18H22ClNOS.C4H8/c1-11(2)16-10-22-18(20-16)9-7-15(19)14-6-8-17(21-5)13(4)12(14)3;1-4(2)3/h6-8,10-11H,9H2,1-5H3;1H2,2-3H3/b15-7+;. The molecule has 26 heavy (non-hydrogen) atoms. The molecule has 2 aromatic rings. The number of methoxy groups -OCH3 is 1. The van der Waals surface area contributed by atoms with Crippen LogP contribution in [0.3, 0.4) is 0 Å². The highest BCUT2D eigenvalue weighted by molar-refractivity contribution is 7.09. The first-order valence-electron chi connectivity index (χ1n) is 8.74. The average molecular weight is 392 g/mol. The van der Waals surface area contributed by atoms with Gasteiger partial charge in [-0.1, -0.05) is 37.1 Å². The third kappa shape index (κ3) is 6.62. The number of aromatic nitrogens is 1. The summed E-state index contributed by atoms with van der Waals surface area (Å²) < 4.78 is 5.34. The Morgan fingerprint density at radius 2 is 1.88 bits per heavy atom. The number of rotatable bonds is 5. The van der Waals surface area contributed by atoms with E-state index in [-0.39, 0.29) is 0 Å². The maximum absolute atomic E-state index is 6.50. The van der Waals surface area contributed by atoms with E-state index in [0.717, 1.165) is 44.6 Å². The zero-order valence-corrected chi connectivity index (χ0v) is 18.5. The van der Waals surface area contributed by atoms with Crippen molar-refractivity contribution in [2.24, 2.45) is 0 Å². The summed E-state index contributed by atoms with van der Waals surface area (Å²) in [6, 6.07) is 3.98. The summed E-state index contributed by atoms with van der Waals surface area (Å²) in [6.45, 7) is 15.9. The number of allylic oxidation sites excluding steroid dienone is 2. The van der Waals surface area contributed by atoms with Gasteiger partial charge in [0.05, 0.1) is 17.8 Å². The highest BCUT2D eigenvalue weighted by Gasteiger charge is 2.10. The van der Waals surface area contributed by atoms with E-state index in [1.165, 1.54) is 5.57 Å². The van der Waals surface area contributed by atoms with Crippen LogP contribution in [0.4, 0.5) is 0 Å². The van der Waals surface area contributed by atoms with Crippen molar-refractivity contribution < 1.29 is 4.74 Å². The predicted octanol–water partition coefficient (Wildman–Crippen LogP) is 7.30. The van der Waals surface area contributed by atoms with Gasteiger partial charge in [-0.25, -0.2) is 4.98 Å². The Morgan fingerprint density at radius 1 is 1.27 bits per heavy atom. The molecule has 0 saturated heterocycles. The van der Waals surface area contributed by atoms with E-state index in [2.05, 4.69) is 44.6 Å². The number of hydrogen-bond donors (Lipinski definition) is 0. The van der Waals surface area contributed by atoms with E-state index < -0.39 is 0 Å². The van der Waals surface area contributed by atoms with Gasteiger partial charge in [0.1, 0.15) is 5.75 Å².